The summed E-state index contributed by atoms with van der Waals surface area (Å²) in [6, 6.07) is 14.8. The number of aromatic nitrogens is 4. The van der Waals surface area contributed by atoms with Gasteiger partial charge in [0.05, 0.1) is 5.69 Å². The predicted octanol–water partition coefficient (Wildman–Crippen LogP) is 3.77. The summed E-state index contributed by atoms with van der Waals surface area (Å²) in [6.07, 6.45) is -4.74. The first-order valence-electron chi connectivity index (χ1n) is 8.32. The van der Waals surface area contributed by atoms with Crippen LogP contribution in [0.25, 0.3) is 17.0 Å². The average molecular weight is 399 g/mol. The molecule has 0 radical (unpaired) electrons. The van der Waals surface area contributed by atoms with Gasteiger partial charge >= 0.3 is 6.18 Å². The number of carbonyl (C=O) groups is 1. The minimum absolute atomic E-state index is 0.0535. The van der Waals surface area contributed by atoms with Crippen molar-refractivity contribution >= 4 is 17.4 Å². The molecule has 0 aliphatic heterocycles. The molecule has 0 unspecified atom stereocenters. The number of rotatable bonds is 3. The lowest BCUT2D eigenvalue weighted by Crippen LogP contribution is -2.16. The van der Waals surface area contributed by atoms with E-state index in [9.17, 15) is 23.1 Å². The predicted molar refractivity (Wildman–Crippen MR) is 97.3 cm³/mol. The molecule has 2 N–H and O–H groups in total. The number of hydrogen-bond donors (Lipinski definition) is 2. The van der Waals surface area contributed by atoms with E-state index >= 15 is 0 Å². The van der Waals surface area contributed by atoms with Crippen LogP contribution in [0.2, 0.25) is 0 Å². The largest absolute Gasteiger partial charge is 0.508 e. The van der Waals surface area contributed by atoms with Gasteiger partial charge in [0, 0.05) is 17.3 Å². The van der Waals surface area contributed by atoms with Gasteiger partial charge in [0.25, 0.3) is 11.7 Å². The van der Waals surface area contributed by atoms with E-state index in [-0.39, 0.29) is 22.9 Å². The zero-order valence-electron chi connectivity index (χ0n) is 14.6. The minimum Gasteiger partial charge on any atom is -0.508 e. The quantitative estimate of drug-likeness (QED) is 0.547. The second-order valence-corrected chi connectivity index (χ2v) is 6.04. The lowest BCUT2D eigenvalue weighted by molar-refractivity contribution is -0.142. The van der Waals surface area contributed by atoms with Gasteiger partial charge in [0.2, 0.25) is 5.82 Å². The number of aromatic hydroxyl groups is 1. The molecular weight excluding hydrogens is 387 g/mol. The Morgan fingerprint density at radius 3 is 2.45 bits per heavy atom. The summed E-state index contributed by atoms with van der Waals surface area (Å²) in [5, 5.41) is 15.6. The Hall–Kier alpha value is -3.95. The van der Waals surface area contributed by atoms with Crippen LogP contribution in [0.15, 0.2) is 60.7 Å². The van der Waals surface area contributed by atoms with E-state index < -0.39 is 23.6 Å². The van der Waals surface area contributed by atoms with Crippen LogP contribution < -0.4 is 5.32 Å². The molecule has 4 aromatic rings. The first kappa shape index (κ1) is 18.4. The highest BCUT2D eigenvalue weighted by Gasteiger charge is 2.36. The fourth-order valence-corrected chi connectivity index (χ4v) is 2.69. The lowest BCUT2D eigenvalue weighted by Gasteiger charge is -2.10. The number of anilines is 1. The third-order valence-corrected chi connectivity index (χ3v) is 3.98. The molecule has 0 spiro atoms. The Kier molecular flexibility index (Phi) is 4.38. The number of benzene rings is 2. The van der Waals surface area contributed by atoms with E-state index in [0.29, 0.717) is 10.1 Å². The Morgan fingerprint density at radius 2 is 1.76 bits per heavy atom. The maximum absolute atomic E-state index is 13.6. The number of halogens is 3. The van der Waals surface area contributed by atoms with Crippen molar-refractivity contribution in [2.45, 2.75) is 6.18 Å². The molecule has 1 amide bonds. The van der Waals surface area contributed by atoms with Gasteiger partial charge in [-0.05, 0) is 18.2 Å². The number of phenolic OH excluding ortho intramolecular Hbond substituents is 1. The van der Waals surface area contributed by atoms with Crippen LogP contribution in [0.4, 0.5) is 18.9 Å². The van der Waals surface area contributed by atoms with E-state index in [1.54, 1.807) is 30.3 Å². The zero-order chi connectivity index (χ0) is 20.6. The number of nitrogens with one attached hydrogen (secondary N) is 1. The molecule has 4 rings (SSSR count). The van der Waals surface area contributed by atoms with Crippen molar-refractivity contribution in [1.29, 1.82) is 0 Å². The summed E-state index contributed by atoms with van der Waals surface area (Å²) in [5.74, 6) is -1.77. The maximum Gasteiger partial charge on any atom is 0.433 e. The number of phenols is 1. The van der Waals surface area contributed by atoms with E-state index in [0.717, 1.165) is 6.07 Å². The van der Waals surface area contributed by atoms with Crippen molar-refractivity contribution in [2.75, 3.05) is 5.32 Å². The summed E-state index contributed by atoms with van der Waals surface area (Å²) in [7, 11) is 0. The van der Waals surface area contributed by atoms with Gasteiger partial charge in [-0.2, -0.15) is 22.7 Å². The summed E-state index contributed by atoms with van der Waals surface area (Å²) in [6.45, 7) is 0. The molecule has 2 aromatic heterocycles. The van der Waals surface area contributed by atoms with E-state index in [1.807, 2.05) is 0 Å². The smallest absolute Gasteiger partial charge is 0.433 e. The van der Waals surface area contributed by atoms with Crippen LogP contribution in [0.5, 0.6) is 5.75 Å². The monoisotopic (exact) mass is 399 g/mol. The van der Waals surface area contributed by atoms with Gasteiger partial charge < -0.3 is 10.4 Å². The molecule has 146 valence electrons. The Bertz CT molecular complexity index is 1210. The highest BCUT2D eigenvalue weighted by molar-refractivity contribution is 6.01. The van der Waals surface area contributed by atoms with E-state index in [1.165, 1.54) is 24.3 Å². The molecule has 2 heterocycles. The number of amides is 1. The van der Waals surface area contributed by atoms with Crippen LogP contribution in [-0.2, 0) is 6.18 Å². The van der Waals surface area contributed by atoms with Crippen molar-refractivity contribution in [1.82, 2.24) is 19.6 Å². The normalized spacial score (nSPS) is 11.6. The molecule has 0 saturated heterocycles. The fraction of sp³-hybridized carbons (Fsp3) is 0.0526. The zero-order valence-corrected chi connectivity index (χ0v) is 14.6. The van der Waals surface area contributed by atoms with Gasteiger partial charge in [0.15, 0.2) is 5.69 Å². The number of nitrogens with zero attached hydrogens (tertiary/aromatic N) is 4. The first-order valence-corrected chi connectivity index (χ1v) is 8.32. The van der Waals surface area contributed by atoms with Crippen molar-refractivity contribution in [3.63, 3.8) is 0 Å². The first-order chi connectivity index (χ1) is 13.8. The SMILES string of the molecule is O=C(Nc1cccc(O)c1)c1nc2nc(-c3ccccc3)cc(C(F)(F)F)n2n1. The fourth-order valence-electron chi connectivity index (χ4n) is 2.69. The Morgan fingerprint density at radius 1 is 1.00 bits per heavy atom. The summed E-state index contributed by atoms with van der Waals surface area (Å²) in [5.41, 5.74) is -0.347. The maximum atomic E-state index is 13.6. The lowest BCUT2D eigenvalue weighted by atomic mass is 10.1. The molecule has 10 heteroatoms. The van der Waals surface area contributed by atoms with Crippen LogP contribution in [0.3, 0.4) is 0 Å². The Balaban J connectivity index is 1.79. The van der Waals surface area contributed by atoms with Crippen molar-refractivity contribution < 1.29 is 23.1 Å². The van der Waals surface area contributed by atoms with Gasteiger partial charge in [-0.3, -0.25) is 4.79 Å². The molecule has 0 atom stereocenters. The van der Waals surface area contributed by atoms with Crippen molar-refractivity contribution in [3.8, 4) is 17.0 Å². The second kappa shape index (κ2) is 6.89. The summed E-state index contributed by atoms with van der Waals surface area (Å²) >= 11 is 0. The van der Waals surface area contributed by atoms with Crippen LogP contribution in [0.1, 0.15) is 16.3 Å². The van der Waals surface area contributed by atoms with Crippen molar-refractivity contribution in [2.24, 2.45) is 0 Å². The number of hydrogen-bond acceptors (Lipinski definition) is 5. The highest BCUT2D eigenvalue weighted by Crippen LogP contribution is 2.31. The third-order valence-electron chi connectivity index (χ3n) is 3.98. The molecule has 0 fully saturated rings. The van der Waals surface area contributed by atoms with Gasteiger partial charge in [-0.1, -0.05) is 36.4 Å². The van der Waals surface area contributed by atoms with Crippen LogP contribution in [-0.4, -0.2) is 30.6 Å². The second-order valence-electron chi connectivity index (χ2n) is 6.04. The standard InChI is InChI=1S/C19H12F3N5O2/c20-19(21,22)15-10-14(11-5-2-1-3-6-11)24-18-25-16(26-27(15)18)17(29)23-12-7-4-8-13(28)9-12/h1-10,28H,(H,23,29). The summed E-state index contributed by atoms with van der Waals surface area (Å²) in [4.78, 5) is 20.3. The number of alkyl halides is 3. The van der Waals surface area contributed by atoms with Crippen LogP contribution in [0, 0.1) is 0 Å². The molecule has 0 aliphatic rings. The van der Waals surface area contributed by atoms with Gasteiger partial charge in [-0.15, -0.1) is 5.10 Å². The highest BCUT2D eigenvalue weighted by atomic mass is 19.4. The third kappa shape index (κ3) is 3.72. The molecule has 29 heavy (non-hydrogen) atoms. The number of fused-ring (bicyclic) bond motifs is 1. The van der Waals surface area contributed by atoms with Crippen molar-refractivity contribution in [3.05, 3.63) is 72.2 Å². The molecule has 0 saturated carbocycles. The average Bonchev–Trinajstić information content (AvgIpc) is 3.11. The Labute approximate surface area is 161 Å². The molecule has 0 aliphatic carbocycles. The molecular formula is C19H12F3N5O2. The molecule has 2 aromatic carbocycles. The van der Waals surface area contributed by atoms with E-state index in [2.05, 4.69) is 20.4 Å². The van der Waals surface area contributed by atoms with Gasteiger partial charge in [0.1, 0.15) is 5.75 Å². The van der Waals surface area contributed by atoms with Gasteiger partial charge in [-0.25, -0.2) is 4.98 Å². The topological polar surface area (TPSA) is 92.4 Å². The number of carbonyl (C=O) groups excluding carboxylic acids is 1. The minimum atomic E-state index is -4.74. The van der Waals surface area contributed by atoms with E-state index in [4.69, 9.17) is 0 Å². The molecule has 0 bridgehead atoms. The summed E-state index contributed by atoms with van der Waals surface area (Å²) < 4.78 is 41.2. The van der Waals surface area contributed by atoms with Crippen LogP contribution >= 0.6 is 0 Å². The molecule has 7 nitrogen and oxygen atoms in total.